The largest absolute Gasteiger partial charge is 0.310 e. The molecule has 0 saturated heterocycles. The molecular formula is C70H47N3. The van der Waals surface area contributed by atoms with Crippen molar-refractivity contribution in [3.8, 4) is 27.9 Å². The van der Waals surface area contributed by atoms with E-state index in [2.05, 4.69) is 299 Å². The molecule has 1 heterocycles. The first-order valence-corrected chi connectivity index (χ1v) is 25.1. The Morgan fingerprint density at radius 1 is 0.233 bits per heavy atom. The Kier molecular flexibility index (Phi) is 10.2. The van der Waals surface area contributed by atoms with Gasteiger partial charge in [0.15, 0.2) is 0 Å². The molecule has 13 aromatic carbocycles. The van der Waals surface area contributed by atoms with Crippen molar-refractivity contribution < 1.29 is 0 Å². The second-order valence-corrected chi connectivity index (χ2v) is 18.8. The highest BCUT2D eigenvalue weighted by molar-refractivity contribution is 6.32. The molecule has 0 spiro atoms. The zero-order chi connectivity index (χ0) is 48.2. The summed E-state index contributed by atoms with van der Waals surface area (Å²) < 4.78 is 2.54. The van der Waals surface area contributed by atoms with Gasteiger partial charge < -0.3 is 14.4 Å². The summed E-state index contributed by atoms with van der Waals surface area (Å²) >= 11 is 0. The number of hydrogen-bond donors (Lipinski definition) is 0. The number of benzene rings is 13. The molecule has 0 saturated carbocycles. The quantitative estimate of drug-likeness (QED) is 0.134. The summed E-state index contributed by atoms with van der Waals surface area (Å²) in [6, 6.07) is 104. The molecular weight excluding hydrogens is 883 g/mol. The van der Waals surface area contributed by atoms with Gasteiger partial charge in [-0.1, -0.05) is 206 Å². The predicted molar refractivity (Wildman–Crippen MR) is 311 cm³/mol. The van der Waals surface area contributed by atoms with Crippen LogP contribution in [0.4, 0.5) is 34.1 Å². The van der Waals surface area contributed by atoms with Gasteiger partial charge in [-0.15, -0.1) is 0 Å². The van der Waals surface area contributed by atoms with Gasteiger partial charge in [-0.25, -0.2) is 0 Å². The fourth-order valence-corrected chi connectivity index (χ4v) is 11.4. The Bertz CT molecular complexity index is 4340. The molecule has 0 atom stereocenters. The summed E-state index contributed by atoms with van der Waals surface area (Å²) in [5.41, 5.74) is 14.8. The van der Waals surface area contributed by atoms with Crippen LogP contribution >= 0.6 is 0 Å². The highest BCUT2D eigenvalue weighted by atomic mass is 15.1. The van der Waals surface area contributed by atoms with E-state index in [0.29, 0.717) is 0 Å². The Morgan fingerprint density at radius 3 is 1.30 bits per heavy atom. The Balaban J connectivity index is 1.08. The van der Waals surface area contributed by atoms with Gasteiger partial charge in [-0.2, -0.15) is 0 Å². The van der Waals surface area contributed by atoms with E-state index in [1.165, 1.54) is 76.1 Å². The van der Waals surface area contributed by atoms with Crippen LogP contribution in [0, 0.1) is 0 Å². The summed E-state index contributed by atoms with van der Waals surface area (Å²) in [4.78, 5) is 4.86. The van der Waals surface area contributed by atoms with Crippen molar-refractivity contribution in [3.05, 3.63) is 285 Å². The molecule has 0 aliphatic heterocycles. The SMILES string of the molecule is c1ccc(-c2ccc(N(c3ccccc3)c3cccc4c3ccc3c4c4c5c(N(c6ccccc6)c6ccc(-c7ccccc7)cc6)cccc5ccc4n3-c3cc4ccccc4c4ccccc34)cc2)cc1. The van der Waals surface area contributed by atoms with E-state index in [0.717, 1.165) is 50.8 Å². The lowest BCUT2D eigenvalue weighted by Gasteiger charge is -2.28. The van der Waals surface area contributed by atoms with Crippen molar-refractivity contribution in [2.75, 3.05) is 9.80 Å². The molecule has 0 aliphatic carbocycles. The minimum atomic E-state index is 1.09. The molecule has 342 valence electrons. The zero-order valence-electron chi connectivity index (χ0n) is 40.0. The van der Waals surface area contributed by atoms with Crippen molar-refractivity contribution in [1.29, 1.82) is 0 Å². The highest BCUT2D eigenvalue weighted by Gasteiger charge is 2.25. The molecule has 3 heteroatoms. The first-order chi connectivity index (χ1) is 36.2. The van der Waals surface area contributed by atoms with Crippen LogP contribution in [0.25, 0.3) is 92.8 Å². The number of hydrogen-bond acceptors (Lipinski definition) is 2. The molecule has 0 N–H and O–H groups in total. The summed E-state index contributed by atoms with van der Waals surface area (Å²) in [6.45, 7) is 0. The normalized spacial score (nSPS) is 11.6. The van der Waals surface area contributed by atoms with Crippen LogP contribution in [-0.2, 0) is 0 Å². The maximum absolute atomic E-state index is 2.54. The summed E-state index contributed by atoms with van der Waals surface area (Å²) in [6.07, 6.45) is 0. The van der Waals surface area contributed by atoms with Crippen molar-refractivity contribution in [3.63, 3.8) is 0 Å². The van der Waals surface area contributed by atoms with Gasteiger partial charge in [0.1, 0.15) is 0 Å². The van der Waals surface area contributed by atoms with Crippen molar-refractivity contribution in [2.45, 2.75) is 0 Å². The lowest BCUT2D eigenvalue weighted by molar-refractivity contribution is 1.20. The van der Waals surface area contributed by atoms with Gasteiger partial charge in [0.25, 0.3) is 0 Å². The van der Waals surface area contributed by atoms with Crippen molar-refractivity contribution >= 4 is 99.0 Å². The monoisotopic (exact) mass is 929 g/mol. The summed E-state index contributed by atoms with van der Waals surface area (Å²) in [5.74, 6) is 0. The van der Waals surface area contributed by atoms with Crippen LogP contribution in [-0.4, -0.2) is 4.57 Å². The number of para-hydroxylation sites is 2. The third-order valence-electron chi connectivity index (χ3n) is 14.7. The second kappa shape index (κ2) is 17.6. The van der Waals surface area contributed by atoms with Crippen LogP contribution in [0.1, 0.15) is 0 Å². The second-order valence-electron chi connectivity index (χ2n) is 18.8. The Hall–Kier alpha value is -9.70. The van der Waals surface area contributed by atoms with Crippen LogP contribution in [0.15, 0.2) is 285 Å². The number of fused-ring (bicyclic) bond motifs is 10. The van der Waals surface area contributed by atoms with Crippen molar-refractivity contribution in [1.82, 2.24) is 4.57 Å². The van der Waals surface area contributed by atoms with Gasteiger partial charge in [0.2, 0.25) is 0 Å². The van der Waals surface area contributed by atoms with Gasteiger partial charge in [0.05, 0.1) is 28.1 Å². The minimum absolute atomic E-state index is 1.09. The summed E-state index contributed by atoms with van der Waals surface area (Å²) in [7, 11) is 0. The average Bonchev–Trinajstić information content (AvgIpc) is 3.81. The van der Waals surface area contributed by atoms with Gasteiger partial charge >= 0.3 is 0 Å². The first-order valence-electron chi connectivity index (χ1n) is 25.1. The maximum atomic E-state index is 2.54. The molecule has 73 heavy (non-hydrogen) atoms. The van der Waals surface area contributed by atoms with E-state index in [1.807, 2.05) is 0 Å². The molecule has 0 bridgehead atoms. The van der Waals surface area contributed by atoms with Gasteiger partial charge in [0, 0.05) is 49.7 Å². The van der Waals surface area contributed by atoms with E-state index in [4.69, 9.17) is 0 Å². The number of aromatic nitrogens is 1. The van der Waals surface area contributed by atoms with E-state index in [1.54, 1.807) is 0 Å². The smallest absolute Gasteiger partial charge is 0.0548 e. The molecule has 3 nitrogen and oxygen atoms in total. The van der Waals surface area contributed by atoms with E-state index in [-0.39, 0.29) is 0 Å². The zero-order valence-corrected chi connectivity index (χ0v) is 40.0. The third-order valence-corrected chi connectivity index (χ3v) is 14.7. The molecule has 0 amide bonds. The molecule has 0 aliphatic rings. The van der Waals surface area contributed by atoms with Crippen molar-refractivity contribution in [2.24, 2.45) is 0 Å². The number of nitrogens with zero attached hydrogens (tertiary/aromatic N) is 3. The van der Waals surface area contributed by atoms with Crippen LogP contribution in [0.3, 0.4) is 0 Å². The molecule has 1 aromatic heterocycles. The fourth-order valence-electron chi connectivity index (χ4n) is 11.4. The van der Waals surface area contributed by atoms with E-state index < -0.39 is 0 Å². The average molecular weight is 930 g/mol. The van der Waals surface area contributed by atoms with Gasteiger partial charge in [-0.05, 0) is 128 Å². The topological polar surface area (TPSA) is 11.4 Å². The number of rotatable bonds is 9. The maximum Gasteiger partial charge on any atom is 0.0548 e. The van der Waals surface area contributed by atoms with Crippen LogP contribution in [0.2, 0.25) is 0 Å². The van der Waals surface area contributed by atoms with Gasteiger partial charge in [-0.3, -0.25) is 0 Å². The van der Waals surface area contributed by atoms with E-state index >= 15 is 0 Å². The standard InChI is InChI=1S/C70H47N3/c1-5-19-48(20-6-1)50-35-40-56(41-36-50)71(54-25-9-3-10-26-54)63-33-18-32-62-61(63)44-46-65-69(62)70-66(73(65)67-47-53-23-13-14-29-58(53)59-30-15-16-31-60(59)67)45-39-52-24-17-34-64(68(52)70)72(55-27-11-4-12-28-55)57-42-37-51(38-43-57)49-21-7-2-8-22-49/h1-47H. The first kappa shape index (κ1) is 42.2. The molecule has 0 unspecified atom stereocenters. The Labute approximate surface area is 424 Å². The van der Waals surface area contributed by atoms with Crippen LogP contribution < -0.4 is 9.80 Å². The van der Waals surface area contributed by atoms with Crippen LogP contribution in [0.5, 0.6) is 0 Å². The third kappa shape index (κ3) is 7.13. The molecule has 14 rings (SSSR count). The molecule has 0 fully saturated rings. The number of anilines is 6. The molecule has 14 aromatic rings. The minimum Gasteiger partial charge on any atom is -0.310 e. The lowest BCUT2D eigenvalue weighted by Crippen LogP contribution is -2.10. The highest BCUT2D eigenvalue weighted by Crippen LogP contribution is 2.49. The molecule has 0 radical (unpaired) electrons. The Morgan fingerprint density at radius 2 is 0.671 bits per heavy atom. The fraction of sp³-hybridized carbons (Fsp3) is 0. The summed E-state index contributed by atoms with van der Waals surface area (Å²) in [5, 5.41) is 12.0. The van der Waals surface area contributed by atoms with E-state index in [9.17, 15) is 0 Å². The predicted octanol–water partition coefficient (Wildman–Crippen LogP) is 19.7. The lowest BCUT2D eigenvalue weighted by atomic mass is 9.96.